The van der Waals surface area contributed by atoms with Crippen molar-refractivity contribution in [3.05, 3.63) is 47.8 Å². The summed E-state index contributed by atoms with van der Waals surface area (Å²) in [5.74, 6) is -2.52. The molecule has 0 unspecified atom stereocenters. The maximum Gasteiger partial charge on any atom is 0.421 e. The summed E-state index contributed by atoms with van der Waals surface area (Å²) in [5.41, 5.74) is -3.99. The lowest BCUT2D eigenvalue weighted by Crippen LogP contribution is -2.46. The zero-order chi connectivity index (χ0) is 23.3. The number of alkyl halides is 4. The average Bonchev–Trinajstić information content (AvgIpc) is 3.13. The third-order valence-corrected chi connectivity index (χ3v) is 5.51. The predicted molar refractivity (Wildman–Crippen MR) is 104 cm³/mol. The molecule has 3 aromatic heterocycles. The van der Waals surface area contributed by atoms with Crippen LogP contribution >= 0.6 is 0 Å². The van der Waals surface area contributed by atoms with Gasteiger partial charge in [-0.15, -0.1) is 0 Å². The van der Waals surface area contributed by atoms with Crippen molar-refractivity contribution in [1.82, 2.24) is 19.7 Å². The Kier molecular flexibility index (Phi) is 5.53. The number of anilines is 1. The van der Waals surface area contributed by atoms with Gasteiger partial charge in [0.1, 0.15) is 17.5 Å². The Labute approximate surface area is 178 Å². The van der Waals surface area contributed by atoms with E-state index in [2.05, 4.69) is 20.6 Å². The molecule has 4 rings (SSSR count). The van der Waals surface area contributed by atoms with E-state index in [0.717, 1.165) is 22.9 Å². The van der Waals surface area contributed by atoms with Crippen LogP contribution in [0.15, 0.2) is 30.6 Å². The molecule has 4 heterocycles. The van der Waals surface area contributed by atoms with Gasteiger partial charge >= 0.3 is 6.18 Å². The zero-order valence-corrected chi connectivity index (χ0v) is 16.7. The van der Waals surface area contributed by atoms with Gasteiger partial charge in [0.2, 0.25) is 0 Å². The van der Waals surface area contributed by atoms with Crippen LogP contribution in [0.2, 0.25) is 0 Å². The van der Waals surface area contributed by atoms with Crippen molar-refractivity contribution in [2.75, 3.05) is 18.4 Å². The van der Waals surface area contributed by atoms with Gasteiger partial charge in [0.05, 0.1) is 17.9 Å². The summed E-state index contributed by atoms with van der Waals surface area (Å²) >= 11 is 0. The highest BCUT2D eigenvalue weighted by Crippen LogP contribution is 2.39. The Morgan fingerprint density at radius 3 is 2.66 bits per heavy atom. The third kappa shape index (κ3) is 3.88. The van der Waals surface area contributed by atoms with Crippen LogP contribution in [0.5, 0.6) is 0 Å². The van der Waals surface area contributed by atoms with Crippen molar-refractivity contribution >= 4 is 11.5 Å². The molecule has 1 aliphatic heterocycles. The van der Waals surface area contributed by atoms with Crippen molar-refractivity contribution in [1.29, 1.82) is 0 Å². The van der Waals surface area contributed by atoms with Crippen molar-refractivity contribution in [2.24, 2.45) is 0 Å². The Hall–Kier alpha value is -2.86. The van der Waals surface area contributed by atoms with Crippen LogP contribution in [-0.4, -0.2) is 51.0 Å². The fraction of sp³-hybridized carbons (Fsp3) is 0.400. The quantitative estimate of drug-likeness (QED) is 0.521. The first-order valence-electron chi connectivity index (χ1n) is 9.73. The summed E-state index contributed by atoms with van der Waals surface area (Å²) in [6.07, 6.45) is -3.90. The zero-order valence-electron chi connectivity index (χ0n) is 16.7. The van der Waals surface area contributed by atoms with Gasteiger partial charge in [-0.1, -0.05) is 6.07 Å². The normalized spacial score (nSPS) is 21.5. The minimum atomic E-state index is -4.96. The van der Waals surface area contributed by atoms with Crippen LogP contribution in [0.25, 0.3) is 17.0 Å². The number of nitrogens with zero attached hydrogens (tertiary/aromatic N) is 3. The molecule has 3 atom stereocenters. The van der Waals surface area contributed by atoms with E-state index < -0.39 is 52.7 Å². The Balaban J connectivity index is 1.77. The number of pyridine rings is 2. The van der Waals surface area contributed by atoms with Crippen LogP contribution in [0.1, 0.15) is 18.9 Å². The van der Waals surface area contributed by atoms with Crippen LogP contribution in [0, 0.1) is 11.6 Å². The predicted octanol–water partition coefficient (Wildman–Crippen LogP) is 3.56. The first-order valence-corrected chi connectivity index (χ1v) is 9.73. The average molecular weight is 459 g/mol. The number of hydrogen-bond acceptors (Lipinski definition) is 5. The number of aromatic nitrogens is 3. The lowest BCUT2D eigenvalue weighted by Gasteiger charge is -2.28. The number of fused-ring (bicyclic) bond motifs is 1. The SMILES string of the molecule is C[C@@](O)(c1ccc2ncc(-c3nc(N[C@H]4CNCC[C@@H]4F)c(F)cc3F)n2c1)C(F)(F)F. The molecule has 0 amide bonds. The van der Waals surface area contributed by atoms with Crippen LogP contribution < -0.4 is 10.6 Å². The topological polar surface area (TPSA) is 74.5 Å². The minimum Gasteiger partial charge on any atom is -0.376 e. The van der Waals surface area contributed by atoms with Gasteiger partial charge < -0.3 is 15.7 Å². The van der Waals surface area contributed by atoms with E-state index in [4.69, 9.17) is 0 Å². The third-order valence-electron chi connectivity index (χ3n) is 5.51. The molecule has 12 heteroatoms. The second-order valence-electron chi connectivity index (χ2n) is 7.77. The molecule has 3 aromatic rings. The number of aliphatic hydroxyl groups is 1. The van der Waals surface area contributed by atoms with E-state index >= 15 is 0 Å². The van der Waals surface area contributed by atoms with Gasteiger partial charge in [0.15, 0.2) is 23.1 Å². The molecule has 0 radical (unpaired) electrons. The Bertz CT molecular complexity index is 1150. The van der Waals surface area contributed by atoms with Gasteiger partial charge in [-0.25, -0.2) is 23.1 Å². The molecular formula is C20H19F6N5O. The molecule has 1 aliphatic rings. The van der Waals surface area contributed by atoms with E-state index in [-0.39, 0.29) is 24.3 Å². The minimum absolute atomic E-state index is 0.0704. The molecule has 172 valence electrons. The number of halogens is 6. The first-order chi connectivity index (χ1) is 15.0. The molecule has 0 aromatic carbocycles. The Morgan fingerprint density at radius 2 is 1.97 bits per heavy atom. The van der Waals surface area contributed by atoms with E-state index in [0.29, 0.717) is 19.5 Å². The molecule has 0 bridgehead atoms. The van der Waals surface area contributed by atoms with Crippen LogP contribution in [0.4, 0.5) is 32.2 Å². The van der Waals surface area contributed by atoms with Crippen molar-refractivity contribution in [3.8, 4) is 11.4 Å². The van der Waals surface area contributed by atoms with Crippen molar-refractivity contribution < 1.29 is 31.4 Å². The van der Waals surface area contributed by atoms with Gasteiger partial charge in [-0.3, -0.25) is 4.40 Å². The highest BCUT2D eigenvalue weighted by atomic mass is 19.4. The van der Waals surface area contributed by atoms with Gasteiger partial charge in [0, 0.05) is 24.4 Å². The molecule has 1 saturated heterocycles. The largest absolute Gasteiger partial charge is 0.421 e. The fourth-order valence-electron chi connectivity index (χ4n) is 3.50. The highest BCUT2D eigenvalue weighted by molar-refractivity contribution is 5.63. The summed E-state index contributed by atoms with van der Waals surface area (Å²) in [5, 5.41) is 15.6. The van der Waals surface area contributed by atoms with Crippen molar-refractivity contribution in [2.45, 2.75) is 37.3 Å². The second kappa shape index (κ2) is 7.93. The second-order valence-corrected chi connectivity index (χ2v) is 7.77. The lowest BCUT2D eigenvalue weighted by molar-refractivity contribution is -0.259. The summed E-state index contributed by atoms with van der Waals surface area (Å²) in [4.78, 5) is 7.94. The Morgan fingerprint density at radius 1 is 1.22 bits per heavy atom. The summed E-state index contributed by atoms with van der Waals surface area (Å²) in [7, 11) is 0. The molecule has 3 N–H and O–H groups in total. The first kappa shape index (κ1) is 22.3. The number of piperidine rings is 1. The molecule has 32 heavy (non-hydrogen) atoms. The maximum absolute atomic E-state index is 14.6. The standard InChI is InChI=1S/C20H19F6N5O/c1-19(32,20(24,25)26)10-2-3-16-28-8-15(31(16)9-10)17-12(22)6-13(23)18(30-17)29-14-7-27-5-4-11(14)21/h2-3,6,8-9,11,14,27,32H,4-5,7H2,1H3,(H,29,30)/t11-,14-,19+/m0/s1. The summed E-state index contributed by atoms with van der Waals surface area (Å²) in [6.45, 7) is 1.27. The van der Waals surface area contributed by atoms with E-state index in [9.17, 15) is 31.4 Å². The molecule has 6 nitrogen and oxygen atoms in total. The van der Waals surface area contributed by atoms with E-state index in [1.54, 1.807) is 0 Å². The smallest absolute Gasteiger partial charge is 0.376 e. The van der Waals surface area contributed by atoms with Crippen molar-refractivity contribution in [3.63, 3.8) is 0 Å². The summed E-state index contributed by atoms with van der Waals surface area (Å²) in [6, 6.07) is 2.04. The molecular weight excluding hydrogens is 440 g/mol. The molecule has 0 aliphatic carbocycles. The highest BCUT2D eigenvalue weighted by Gasteiger charge is 2.51. The molecule has 1 fully saturated rings. The monoisotopic (exact) mass is 459 g/mol. The maximum atomic E-state index is 14.6. The van der Waals surface area contributed by atoms with Gasteiger partial charge in [-0.2, -0.15) is 13.2 Å². The van der Waals surface area contributed by atoms with E-state index in [1.807, 2.05) is 0 Å². The van der Waals surface area contributed by atoms with Crippen LogP contribution in [-0.2, 0) is 5.60 Å². The fourth-order valence-corrected chi connectivity index (χ4v) is 3.50. The van der Waals surface area contributed by atoms with E-state index in [1.165, 1.54) is 6.07 Å². The molecule has 0 saturated carbocycles. The lowest BCUT2D eigenvalue weighted by atomic mass is 9.97. The number of nitrogens with one attached hydrogen (secondary N) is 2. The number of rotatable bonds is 4. The summed E-state index contributed by atoms with van der Waals surface area (Å²) < 4.78 is 83.9. The van der Waals surface area contributed by atoms with Gasteiger partial charge in [-0.05, 0) is 26.0 Å². The molecule has 0 spiro atoms. The van der Waals surface area contributed by atoms with Gasteiger partial charge in [0.25, 0.3) is 0 Å². The number of hydrogen-bond donors (Lipinski definition) is 3. The number of imidazole rings is 1. The van der Waals surface area contributed by atoms with Crippen LogP contribution in [0.3, 0.4) is 0 Å².